The molecule has 2 aromatic rings. The molecule has 0 atom stereocenters. The van der Waals surface area contributed by atoms with Crippen LogP contribution in [0.1, 0.15) is 5.82 Å². The first-order chi connectivity index (χ1) is 9.19. The maximum absolute atomic E-state index is 6.30. The highest BCUT2D eigenvalue weighted by atomic mass is 79.9. The van der Waals surface area contributed by atoms with E-state index in [-0.39, 0.29) is 0 Å². The third-order valence-corrected chi connectivity index (χ3v) is 4.02. The van der Waals surface area contributed by atoms with Crippen LogP contribution >= 0.6 is 27.5 Å². The monoisotopic (exact) mass is 344 g/mol. The summed E-state index contributed by atoms with van der Waals surface area (Å²) in [6.45, 7) is 1.51. The van der Waals surface area contributed by atoms with Crippen molar-refractivity contribution in [1.82, 2.24) is 14.8 Å². The molecule has 0 aliphatic heterocycles. The van der Waals surface area contributed by atoms with Crippen LogP contribution in [0.3, 0.4) is 0 Å². The van der Waals surface area contributed by atoms with Gasteiger partial charge in [-0.2, -0.15) is 0 Å². The lowest BCUT2D eigenvalue weighted by Gasteiger charge is -2.10. The molecule has 1 aromatic heterocycles. The third-order valence-electron chi connectivity index (χ3n) is 2.72. The lowest BCUT2D eigenvalue weighted by Crippen LogP contribution is -2.12. The zero-order chi connectivity index (χ0) is 13.8. The lowest BCUT2D eigenvalue weighted by atomic mass is 10.2. The lowest BCUT2D eigenvalue weighted by molar-refractivity contribution is 0.186. The maximum atomic E-state index is 6.30. The number of rotatable bonds is 5. The van der Waals surface area contributed by atoms with Crippen molar-refractivity contribution in [2.45, 2.75) is 13.1 Å². The molecule has 1 heterocycles. The normalized spacial score (nSPS) is 10.9. The molecule has 0 spiro atoms. The Bertz CT molecular complexity index is 573. The average molecular weight is 346 g/mol. The summed E-state index contributed by atoms with van der Waals surface area (Å²) in [4.78, 5) is 0. The highest BCUT2D eigenvalue weighted by Gasteiger charge is 2.16. The maximum Gasteiger partial charge on any atom is 0.165 e. The Morgan fingerprint density at radius 1 is 1.42 bits per heavy atom. The van der Waals surface area contributed by atoms with Crippen molar-refractivity contribution in [1.29, 1.82) is 0 Å². The summed E-state index contributed by atoms with van der Waals surface area (Å²) in [6, 6.07) is 5.69. The fourth-order valence-corrected chi connectivity index (χ4v) is 2.36. The summed E-state index contributed by atoms with van der Waals surface area (Å²) < 4.78 is 7.85. The topological polar surface area (TPSA) is 66.0 Å². The molecule has 5 nitrogen and oxygen atoms in total. The van der Waals surface area contributed by atoms with Crippen molar-refractivity contribution < 1.29 is 4.74 Å². The predicted octanol–water partition coefficient (Wildman–Crippen LogP) is 2.47. The second-order valence-corrected chi connectivity index (χ2v) is 5.12. The molecule has 2 N–H and O–H groups in total. The van der Waals surface area contributed by atoms with Gasteiger partial charge in [0.05, 0.1) is 18.2 Å². The second-order valence-electron chi connectivity index (χ2n) is 3.89. The summed E-state index contributed by atoms with van der Waals surface area (Å²) in [6.07, 6.45) is 0. The molecule has 0 bridgehead atoms. The SMILES string of the molecule is COCCn1c(CN)nnc1-c1cccc(Br)c1Cl. The van der Waals surface area contributed by atoms with E-state index in [0.717, 1.165) is 10.0 Å². The van der Waals surface area contributed by atoms with Gasteiger partial charge in [0.1, 0.15) is 5.82 Å². The van der Waals surface area contributed by atoms with E-state index >= 15 is 0 Å². The first kappa shape index (κ1) is 14.5. The Balaban J connectivity index is 2.49. The molecular formula is C12H14BrClN4O. The fraction of sp³-hybridized carbons (Fsp3) is 0.333. The zero-order valence-corrected chi connectivity index (χ0v) is 12.8. The molecule has 0 amide bonds. The number of benzene rings is 1. The Hall–Kier alpha value is -0.950. The summed E-state index contributed by atoms with van der Waals surface area (Å²) in [7, 11) is 1.65. The molecule has 7 heteroatoms. The molecule has 0 saturated heterocycles. The largest absolute Gasteiger partial charge is 0.383 e. The number of methoxy groups -OCH3 is 1. The molecule has 0 aliphatic carbocycles. The van der Waals surface area contributed by atoms with Crippen LogP contribution in [-0.4, -0.2) is 28.5 Å². The van der Waals surface area contributed by atoms with E-state index in [9.17, 15) is 0 Å². The van der Waals surface area contributed by atoms with Gasteiger partial charge in [0, 0.05) is 23.7 Å². The minimum atomic E-state index is 0.322. The standard InChI is InChI=1S/C12H14BrClN4O/c1-19-6-5-18-10(7-15)16-17-12(18)8-3-2-4-9(13)11(8)14/h2-4H,5-7,15H2,1H3. The van der Waals surface area contributed by atoms with Crippen molar-refractivity contribution in [2.75, 3.05) is 13.7 Å². The number of ether oxygens (including phenoxy) is 1. The molecule has 2 rings (SSSR count). The number of nitrogens with two attached hydrogens (primary N) is 1. The van der Waals surface area contributed by atoms with E-state index in [1.807, 2.05) is 22.8 Å². The molecule has 1 aromatic carbocycles. The molecule has 0 unspecified atom stereocenters. The fourth-order valence-electron chi connectivity index (χ4n) is 1.78. The van der Waals surface area contributed by atoms with Crippen molar-refractivity contribution in [3.63, 3.8) is 0 Å². The molecule has 0 radical (unpaired) electrons. The average Bonchev–Trinajstić information content (AvgIpc) is 2.82. The van der Waals surface area contributed by atoms with E-state index < -0.39 is 0 Å². The first-order valence-corrected chi connectivity index (χ1v) is 6.91. The zero-order valence-electron chi connectivity index (χ0n) is 10.4. The van der Waals surface area contributed by atoms with Crippen molar-refractivity contribution in [2.24, 2.45) is 5.73 Å². The highest BCUT2D eigenvalue weighted by Crippen LogP contribution is 2.32. The van der Waals surface area contributed by atoms with Gasteiger partial charge in [0.2, 0.25) is 0 Å². The second kappa shape index (κ2) is 6.47. The molecule has 0 saturated carbocycles. The van der Waals surface area contributed by atoms with Gasteiger partial charge in [-0.25, -0.2) is 0 Å². The van der Waals surface area contributed by atoms with Crippen molar-refractivity contribution in [3.8, 4) is 11.4 Å². The van der Waals surface area contributed by atoms with E-state index in [2.05, 4.69) is 26.1 Å². The van der Waals surface area contributed by atoms with Crippen LogP contribution < -0.4 is 5.73 Å². The minimum Gasteiger partial charge on any atom is -0.383 e. The van der Waals surface area contributed by atoms with Gasteiger partial charge in [0.25, 0.3) is 0 Å². The van der Waals surface area contributed by atoms with Crippen molar-refractivity contribution in [3.05, 3.63) is 33.5 Å². The number of hydrogen-bond acceptors (Lipinski definition) is 4. The van der Waals surface area contributed by atoms with Gasteiger partial charge in [0.15, 0.2) is 5.82 Å². The van der Waals surface area contributed by atoms with Gasteiger partial charge < -0.3 is 15.0 Å². The van der Waals surface area contributed by atoms with Crippen molar-refractivity contribution >= 4 is 27.5 Å². The van der Waals surface area contributed by atoms with Crippen LogP contribution in [0.4, 0.5) is 0 Å². The van der Waals surface area contributed by atoms with Crippen LogP contribution in [0.15, 0.2) is 22.7 Å². The molecule has 19 heavy (non-hydrogen) atoms. The van der Waals surface area contributed by atoms with Crippen LogP contribution in [0.5, 0.6) is 0 Å². The van der Waals surface area contributed by atoms with Gasteiger partial charge in [-0.05, 0) is 28.1 Å². The Labute approximate surface area is 124 Å². The van der Waals surface area contributed by atoms with Crippen LogP contribution in [0, 0.1) is 0 Å². The smallest absolute Gasteiger partial charge is 0.165 e. The number of hydrogen-bond donors (Lipinski definition) is 1. The first-order valence-electron chi connectivity index (χ1n) is 5.74. The van der Waals surface area contributed by atoms with E-state index in [1.165, 1.54) is 0 Å². The van der Waals surface area contributed by atoms with Gasteiger partial charge in [-0.3, -0.25) is 0 Å². The van der Waals surface area contributed by atoms with E-state index in [4.69, 9.17) is 22.1 Å². The van der Waals surface area contributed by atoms with Gasteiger partial charge in [-0.1, -0.05) is 17.7 Å². The van der Waals surface area contributed by atoms with Crippen LogP contribution in [-0.2, 0) is 17.8 Å². The Kier molecular flexibility index (Phi) is 4.93. The molecular weight excluding hydrogens is 332 g/mol. The van der Waals surface area contributed by atoms with Crippen LogP contribution in [0.2, 0.25) is 5.02 Å². The van der Waals surface area contributed by atoms with E-state index in [1.54, 1.807) is 7.11 Å². The summed E-state index contributed by atoms with van der Waals surface area (Å²) in [5, 5.41) is 8.89. The Morgan fingerprint density at radius 3 is 2.89 bits per heavy atom. The molecule has 102 valence electrons. The predicted molar refractivity (Wildman–Crippen MR) is 77.9 cm³/mol. The number of aromatic nitrogens is 3. The van der Waals surface area contributed by atoms with Gasteiger partial charge >= 0.3 is 0 Å². The highest BCUT2D eigenvalue weighted by molar-refractivity contribution is 9.10. The van der Waals surface area contributed by atoms with E-state index in [0.29, 0.717) is 36.4 Å². The number of halogens is 2. The Morgan fingerprint density at radius 2 is 2.21 bits per heavy atom. The summed E-state index contributed by atoms with van der Waals surface area (Å²) >= 11 is 9.70. The summed E-state index contributed by atoms with van der Waals surface area (Å²) in [5.74, 6) is 1.41. The molecule has 0 fully saturated rings. The third kappa shape index (κ3) is 2.97. The van der Waals surface area contributed by atoms with Crippen LogP contribution in [0.25, 0.3) is 11.4 Å². The minimum absolute atomic E-state index is 0.322. The summed E-state index contributed by atoms with van der Waals surface area (Å²) in [5.41, 5.74) is 6.49. The molecule has 0 aliphatic rings. The van der Waals surface area contributed by atoms with Gasteiger partial charge in [-0.15, -0.1) is 10.2 Å². The number of nitrogens with zero attached hydrogens (tertiary/aromatic N) is 3. The quantitative estimate of drug-likeness (QED) is 0.904.